The highest BCUT2D eigenvalue weighted by atomic mass is 16.5. The number of anilines is 1. The standard InChI is InChI=1S/C8H11N7O/c1-5(8-12-14-15-13-8)11-6-3-7(16-2)10-4-9-6/h3-5H,1-2H3,(H,9,10,11)(H,12,13,14,15). The van der Waals surface area contributed by atoms with Crippen molar-refractivity contribution in [2.75, 3.05) is 12.4 Å². The van der Waals surface area contributed by atoms with E-state index in [1.165, 1.54) is 6.33 Å². The van der Waals surface area contributed by atoms with E-state index in [2.05, 4.69) is 35.9 Å². The highest BCUT2D eigenvalue weighted by Gasteiger charge is 2.10. The summed E-state index contributed by atoms with van der Waals surface area (Å²) in [7, 11) is 1.55. The summed E-state index contributed by atoms with van der Waals surface area (Å²) < 4.78 is 4.99. The van der Waals surface area contributed by atoms with E-state index in [-0.39, 0.29) is 6.04 Å². The van der Waals surface area contributed by atoms with Crippen LogP contribution < -0.4 is 10.1 Å². The van der Waals surface area contributed by atoms with Gasteiger partial charge in [0, 0.05) is 6.07 Å². The first-order valence-corrected chi connectivity index (χ1v) is 4.65. The first-order valence-electron chi connectivity index (χ1n) is 4.65. The Labute approximate surface area is 91.5 Å². The molecule has 1 unspecified atom stereocenters. The van der Waals surface area contributed by atoms with E-state index in [1.807, 2.05) is 6.92 Å². The molecular weight excluding hydrogens is 210 g/mol. The maximum atomic E-state index is 4.99. The van der Waals surface area contributed by atoms with Gasteiger partial charge in [0.15, 0.2) is 5.82 Å². The SMILES string of the molecule is COc1cc(NC(C)c2nn[nH]n2)ncn1. The van der Waals surface area contributed by atoms with Gasteiger partial charge < -0.3 is 10.1 Å². The van der Waals surface area contributed by atoms with E-state index < -0.39 is 0 Å². The summed E-state index contributed by atoms with van der Waals surface area (Å²) in [6.07, 6.45) is 1.42. The molecule has 2 N–H and O–H groups in total. The Balaban J connectivity index is 2.08. The Morgan fingerprint density at radius 2 is 2.31 bits per heavy atom. The van der Waals surface area contributed by atoms with Crippen LogP contribution in [0.15, 0.2) is 12.4 Å². The summed E-state index contributed by atoms with van der Waals surface area (Å²) in [6.45, 7) is 1.90. The number of methoxy groups -OCH3 is 1. The van der Waals surface area contributed by atoms with E-state index in [0.29, 0.717) is 17.5 Å². The average molecular weight is 221 g/mol. The molecule has 0 fully saturated rings. The fourth-order valence-electron chi connectivity index (χ4n) is 1.17. The van der Waals surface area contributed by atoms with Crippen molar-refractivity contribution >= 4 is 5.82 Å². The minimum atomic E-state index is -0.0987. The fraction of sp³-hybridized carbons (Fsp3) is 0.375. The van der Waals surface area contributed by atoms with Gasteiger partial charge in [-0.1, -0.05) is 5.21 Å². The summed E-state index contributed by atoms with van der Waals surface area (Å²) >= 11 is 0. The molecule has 2 aromatic heterocycles. The molecule has 0 spiro atoms. The van der Waals surface area contributed by atoms with E-state index in [1.54, 1.807) is 13.2 Å². The second-order valence-corrected chi connectivity index (χ2v) is 3.08. The molecule has 84 valence electrons. The van der Waals surface area contributed by atoms with Crippen molar-refractivity contribution in [3.05, 3.63) is 18.2 Å². The summed E-state index contributed by atoms with van der Waals surface area (Å²) in [5, 5.41) is 16.7. The Morgan fingerprint density at radius 1 is 1.44 bits per heavy atom. The zero-order valence-corrected chi connectivity index (χ0v) is 8.88. The number of H-pyrrole nitrogens is 1. The third kappa shape index (κ3) is 2.22. The largest absolute Gasteiger partial charge is 0.481 e. The van der Waals surface area contributed by atoms with Crippen LogP contribution in [0.3, 0.4) is 0 Å². The summed E-state index contributed by atoms with van der Waals surface area (Å²) in [6, 6.07) is 1.59. The number of tetrazole rings is 1. The molecule has 8 heteroatoms. The number of nitrogens with one attached hydrogen (secondary N) is 2. The number of nitrogens with zero attached hydrogens (tertiary/aromatic N) is 5. The first kappa shape index (κ1) is 10.3. The lowest BCUT2D eigenvalue weighted by atomic mass is 10.3. The van der Waals surface area contributed by atoms with Crippen LogP contribution in [0.2, 0.25) is 0 Å². The molecule has 0 aromatic carbocycles. The molecule has 0 amide bonds. The molecule has 2 rings (SSSR count). The van der Waals surface area contributed by atoms with E-state index in [0.717, 1.165) is 0 Å². The normalized spacial score (nSPS) is 12.1. The van der Waals surface area contributed by atoms with Crippen LogP contribution in [0, 0.1) is 0 Å². The van der Waals surface area contributed by atoms with Crippen LogP contribution in [-0.2, 0) is 0 Å². The maximum Gasteiger partial charge on any atom is 0.218 e. The number of rotatable bonds is 4. The Hall–Kier alpha value is -2.25. The molecule has 0 aliphatic carbocycles. The van der Waals surface area contributed by atoms with Crippen LogP contribution in [0.4, 0.5) is 5.82 Å². The van der Waals surface area contributed by atoms with Gasteiger partial charge in [0.2, 0.25) is 5.88 Å². The monoisotopic (exact) mass is 221 g/mol. The molecule has 0 saturated heterocycles. The lowest BCUT2D eigenvalue weighted by Gasteiger charge is -2.10. The van der Waals surface area contributed by atoms with Gasteiger partial charge >= 0.3 is 0 Å². The Bertz CT molecular complexity index is 443. The second kappa shape index (κ2) is 4.51. The van der Waals surface area contributed by atoms with Gasteiger partial charge in [0.05, 0.1) is 13.2 Å². The molecule has 0 aliphatic heterocycles. The molecular formula is C8H11N7O. The molecule has 2 heterocycles. The first-order chi connectivity index (χ1) is 7.79. The molecule has 0 aliphatic rings. The molecule has 0 saturated carbocycles. The summed E-state index contributed by atoms with van der Waals surface area (Å²) in [5.74, 6) is 1.71. The molecule has 1 atom stereocenters. The highest BCUT2D eigenvalue weighted by molar-refractivity contribution is 5.38. The third-order valence-electron chi connectivity index (χ3n) is 1.96. The minimum Gasteiger partial charge on any atom is -0.481 e. The van der Waals surface area contributed by atoms with Crippen LogP contribution in [0.5, 0.6) is 5.88 Å². The lowest BCUT2D eigenvalue weighted by molar-refractivity contribution is 0.397. The Kier molecular flexibility index (Phi) is 2.90. The predicted octanol–water partition coefficient (Wildman–Crippen LogP) is 0.171. The molecule has 16 heavy (non-hydrogen) atoms. The van der Waals surface area contributed by atoms with E-state index >= 15 is 0 Å². The van der Waals surface area contributed by atoms with Gasteiger partial charge in [-0.3, -0.25) is 0 Å². The van der Waals surface area contributed by atoms with Crippen molar-refractivity contribution in [1.82, 2.24) is 30.6 Å². The zero-order chi connectivity index (χ0) is 11.4. The van der Waals surface area contributed by atoms with Crippen LogP contribution >= 0.6 is 0 Å². The van der Waals surface area contributed by atoms with Gasteiger partial charge in [-0.25, -0.2) is 9.97 Å². The van der Waals surface area contributed by atoms with Crippen molar-refractivity contribution in [3.63, 3.8) is 0 Å². The summed E-state index contributed by atoms with van der Waals surface area (Å²) in [5.41, 5.74) is 0. The summed E-state index contributed by atoms with van der Waals surface area (Å²) in [4.78, 5) is 7.95. The van der Waals surface area contributed by atoms with Crippen LogP contribution in [0.25, 0.3) is 0 Å². The van der Waals surface area contributed by atoms with Gasteiger partial charge in [0.25, 0.3) is 0 Å². The lowest BCUT2D eigenvalue weighted by Crippen LogP contribution is -2.10. The fourth-order valence-corrected chi connectivity index (χ4v) is 1.17. The Morgan fingerprint density at radius 3 is 3.00 bits per heavy atom. The smallest absolute Gasteiger partial charge is 0.218 e. The topological polar surface area (TPSA) is 102 Å². The maximum absolute atomic E-state index is 4.99. The highest BCUT2D eigenvalue weighted by Crippen LogP contribution is 2.15. The van der Waals surface area contributed by atoms with Gasteiger partial charge in [-0.15, -0.1) is 10.2 Å². The molecule has 8 nitrogen and oxygen atoms in total. The van der Waals surface area contributed by atoms with Crippen molar-refractivity contribution in [2.24, 2.45) is 0 Å². The number of hydrogen-bond acceptors (Lipinski definition) is 7. The van der Waals surface area contributed by atoms with Crippen LogP contribution in [0.1, 0.15) is 18.8 Å². The van der Waals surface area contributed by atoms with E-state index in [4.69, 9.17) is 4.74 Å². The van der Waals surface area contributed by atoms with Gasteiger partial charge in [-0.2, -0.15) is 5.21 Å². The molecule has 0 radical (unpaired) electrons. The second-order valence-electron chi connectivity index (χ2n) is 3.08. The van der Waals surface area contributed by atoms with Gasteiger partial charge in [0.1, 0.15) is 12.1 Å². The zero-order valence-electron chi connectivity index (χ0n) is 8.88. The van der Waals surface area contributed by atoms with Crippen molar-refractivity contribution < 1.29 is 4.74 Å². The van der Waals surface area contributed by atoms with Gasteiger partial charge in [-0.05, 0) is 6.92 Å². The van der Waals surface area contributed by atoms with Crippen molar-refractivity contribution in [2.45, 2.75) is 13.0 Å². The number of ether oxygens (including phenoxy) is 1. The predicted molar refractivity (Wildman–Crippen MR) is 54.8 cm³/mol. The number of aromatic nitrogens is 6. The number of hydrogen-bond donors (Lipinski definition) is 2. The third-order valence-corrected chi connectivity index (χ3v) is 1.96. The van der Waals surface area contributed by atoms with Crippen molar-refractivity contribution in [1.29, 1.82) is 0 Å². The molecule has 0 bridgehead atoms. The van der Waals surface area contributed by atoms with Crippen LogP contribution in [-0.4, -0.2) is 37.7 Å². The quantitative estimate of drug-likeness (QED) is 0.758. The molecule has 2 aromatic rings. The minimum absolute atomic E-state index is 0.0987. The number of aromatic amines is 1. The van der Waals surface area contributed by atoms with Crippen molar-refractivity contribution in [3.8, 4) is 5.88 Å². The van der Waals surface area contributed by atoms with E-state index in [9.17, 15) is 0 Å². The average Bonchev–Trinajstić information content (AvgIpc) is 2.83.